The molecule has 0 unspecified atom stereocenters. The monoisotopic (exact) mass is 497 g/mol. The van der Waals surface area contributed by atoms with Crippen LogP contribution in [0.15, 0.2) is 36.4 Å². The maximum absolute atomic E-state index is 14.6. The third kappa shape index (κ3) is 5.19. The van der Waals surface area contributed by atoms with Crippen LogP contribution >= 0.6 is 0 Å². The SMILES string of the molecule is [2H][C@@]1(N2Cc3c(NCc4cc(OCCN5CCOCC5)ccc4F)cccc3C2=O)CCC(=O)NC1=O. The predicted molar refractivity (Wildman–Crippen MR) is 129 cm³/mol. The highest BCUT2D eigenvalue weighted by atomic mass is 19.1. The van der Waals surface area contributed by atoms with Gasteiger partial charge >= 0.3 is 0 Å². The van der Waals surface area contributed by atoms with E-state index < -0.39 is 23.7 Å². The summed E-state index contributed by atoms with van der Waals surface area (Å²) in [4.78, 5) is 40.5. The van der Waals surface area contributed by atoms with Gasteiger partial charge < -0.3 is 19.7 Å². The number of fused-ring (bicyclic) bond motifs is 1. The molecule has 9 nitrogen and oxygen atoms in total. The summed E-state index contributed by atoms with van der Waals surface area (Å²) in [6.45, 7) is 4.60. The predicted octanol–water partition coefficient (Wildman–Crippen LogP) is 1.91. The van der Waals surface area contributed by atoms with E-state index in [0.717, 1.165) is 19.6 Å². The van der Waals surface area contributed by atoms with E-state index in [4.69, 9.17) is 10.8 Å². The smallest absolute Gasteiger partial charge is 0.255 e. The molecule has 1 atom stereocenters. The fourth-order valence-electron chi connectivity index (χ4n) is 4.66. The number of amides is 3. The summed E-state index contributed by atoms with van der Waals surface area (Å²) in [6.07, 6.45) is -0.0751. The Bertz CT molecular complexity index is 1220. The number of carbonyl (C=O) groups excluding carboxylic acids is 3. The number of hydrogen-bond donors (Lipinski definition) is 2. The molecule has 0 saturated carbocycles. The van der Waals surface area contributed by atoms with Crippen molar-refractivity contribution in [3.8, 4) is 5.75 Å². The standard InChI is InChI=1S/C26H29FN4O5/c27-21-5-4-18(36-13-10-30-8-11-35-12-9-30)14-17(21)15-28-22-3-1-2-19-20(22)16-31(26(19)34)23-6-7-24(32)29-25(23)33/h1-5,14,23,28H,6-13,15-16H2,(H,29,32,33)/t23-/m1/s1/i23D. The molecule has 3 amide bonds. The van der Waals surface area contributed by atoms with E-state index in [1.54, 1.807) is 30.3 Å². The average molecular weight is 498 g/mol. The first-order valence-corrected chi connectivity index (χ1v) is 12.1. The van der Waals surface area contributed by atoms with E-state index >= 15 is 0 Å². The van der Waals surface area contributed by atoms with Gasteiger partial charge in [0.2, 0.25) is 11.8 Å². The maximum Gasteiger partial charge on any atom is 0.255 e. The van der Waals surface area contributed by atoms with Gasteiger partial charge in [0.25, 0.3) is 5.91 Å². The highest BCUT2D eigenvalue weighted by Crippen LogP contribution is 2.32. The Labute approximate surface area is 209 Å². The van der Waals surface area contributed by atoms with Gasteiger partial charge in [-0.2, -0.15) is 0 Å². The molecule has 2 saturated heterocycles. The molecule has 2 aromatic carbocycles. The van der Waals surface area contributed by atoms with E-state index in [2.05, 4.69) is 15.5 Å². The van der Waals surface area contributed by atoms with Crippen molar-refractivity contribution in [2.24, 2.45) is 0 Å². The summed E-state index contributed by atoms with van der Waals surface area (Å²) >= 11 is 0. The molecule has 0 aromatic heterocycles. The largest absolute Gasteiger partial charge is 0.492 e. The third-order valence-corrected chi connectivity index (χ3v) is 6.66. The summed E-state index contributed by atoms with van der Waals surface area (Å²) in [5.74, 6) is -1.51. The van der Waals surface area contributed by atoms with E-state index in [1.165, 1.54) is 11.0 Å². The zero-order chi connectivity index (χ0) is 26.0. The van der Waals surface area contributed by atoms with Gasteiger partial charge in [-0.1, -0.05) is 6.07 Å². The summed E-state index contributed by atoms with van der Waals surface area (Å²) in [6, 6.07) is 7.88. The minimum Gasteiger partial charge on any atom is -0.492 e. The maximum atomic E-state index is 14.6. The second-order valence-corrected chi connectivity index (χ2v) is 8.96. The van der Waals surface area contributed by atoms with Gasteiger partial charge in [0, 0.05) is 61.5 Å². The Morgan fingerprint density at radius 2 is 2.03 bits per heavy atom. The van der Waals surface area contributed by atoms with Gasteiger partial charge in [-0.15, -0.1) is 0 Å². The second kappa shape index (κ2) is 10.6. The number of halogens is 1. The molecule has 0 bridgehead atoms. The van der Waals surface area contributed by atoms with Gasteiger partial charge in [0.05, 0.1) is 14.6 Å². The number of anilines is 1. The molecule has 3 aliphatic heterocycles. The van der Waals surface area contributed by atoms with E-state index in [-0.39, 0.29) is 31.7 Å². The number of rotatable bonds is 8. The molecule has 0 radical (unpaired) electrons. The molecule has 3 heterocycles. The van der Waals surface area contributed by atoms with Crippen LogP contribution in [0, 0.1) is 5.82 Å². The van der Waals surface area contributed by atoms with Gasteiger partial charge in [-0.3, -0.25) is 24.6 Å². The zero-order valence-corrected chi connectivity index (χ0v) is 19.8. The molecular formula is C26H29FN4O5. The molecule has 2 fully saturated rings. The first-order valence-electron chi connectivity index (χ1n) is 12.6. The minimum atomic E-state index is -1.86. The lowest BCUT2D eigenvalue weighted by Gasteiger charge is -2.29. The number of hydrogen-bond acceptors (Lipinski definition) is 7. The van der Waals surface area contributed by atoms with Crippen molar-refractivity contribution in [1.82, 2.24) is 15.1 Å². The van der Waals surface area contributed by atoms with Crippen LogP contribution in [0.1, 0.15) is 35.7 Å². The average Bonchev–Trinajstić information content (AvgIpc) is 3.25. The van der Waals surface area contributed by atoms with Crippen molar-refractivity contribution in [2.75, 3.05) is 44.8 Å². The number of benzene rings is 2. The van der Waals surface area contributed by atoms with Crippen LogP contribution in [0.2, 0.25) is 0 Å². The van der Waals surface area contributed by atoms with E-state index in [0.29, 0.717) is 47.9 Å². The summed E-state index contributed by atoms with van der Waals surface area (Å²) in [7, 11) is 0. The molecule has 5 rings (SSSR count). The molecule has 0 aliphatic carbocycles. The second-order valence-electron chi connectivity index (χ2n) is 8.96. The van der Waals surface area contributed by atoms with Crippen molar-refractivity contribution < 1.29 is 29.6 Å². The Balaban J connectivity index is 1.25. The Kier molecular flexibility index (Phi) is 6.77. The lowest BCUT2D eigenvalue weighted by Crippen LogP contribution is -2.52. The van der Waals surface area contributed by atoms with Crippen molar-refractivity contribution in [3.05, 3.63) is 58.9 Å². The number of carbonyl (C=O) groups is 3. The number of imide groups is 1. The van der Waals surface area contributed by atoms with Crippen LogP contribution < -0.4 is 15.4 Å². The molecular weight excluding hydrogens is 467 g/mol. The molecule has 3 aliphatic rings. The van der Waals surface area contributed by atoms with Gasteiger partial charge in [-0.05, 0) is 36.8 Å². The topological polar surface area (TPSA) is 100 Å². The van der Waals surface area contributed by atoms with Gasteiger partial charge in [0.15, 0.2) is 0 Å². The minimum absolute atomic E-state index is 0.00932. The fourth-order valence-corrected chi connectivity index (χ4v) is 4.66. The molecule has 190 valence electrons. The van der Waals surface area contributed by atoms with Crippen LogP contribution in [0.25, 0.3) is 0 Å². The summed E-state index contributed by atoms with van der Waals surface area (Å²) in [5, 5.41) is 5.36. The summed E-state index contributed by atoms with van der Waals surface area (Å²) < 4.78 is 34.4. The Morgan fingerprint density at radius 1 is 1.19 bits per heavy atom. The molecule has 36 heavy (non-hydrogen) atoms. The first-order chi connectivity index (χ1) is 17.8. The molecule has 2 aromatic rings. The number of piperidine rings is 1. The van der Waals surface area contributed by atoms with Crippen molar-refractivity contribution in [2.45, 2.75) is 31.9 Å². The molecule has 2 N–H and O–H groups in total. The Morgan fingerprint density at radius 3 is 2.83 bits per heavy atom. The molecule has 10 heteroatoms. The lowest BCUT2D eigenvalue weighted by molar-refractivity contribution is -0.136. The highest BCUT2D eigenvalue weighted by Gasteiger charge is 2.39. The zero-order valence-electron chi connectivity index (χ0n) is 20.8. The first kappa shape index (κ1) is 22.9. The number of ether oxygens (including phenoxy) is 2. The van der Waals surface area contributed by atoms with Gasteiger partial charge in [0.1, 0.15) is 24.2 Å². The normalized spacial score (nSPS) is 22.8. The molecule has 0 spiro atoms. The van der Waals surface area contributed by atoms with Crippen LogP contribution in [0.3, 0.4) is 0 Å². The Hall–Kier alpha value is -3.50. The van der Waals surface area contributed by atoms with Gasteiger partial charge in [-0.25, -0.2) is 4.39 Å². The third-order valence-electron chi connectivity index (χ3n) is 6.66. The van der Waals surface area contributed by atoms with Crippen LogP contribution in [-0.4, -0.2) is 73.0 Å². The van der Waals surface area contributed by atoms with Crippen LogP contribution in [0.5, 0.6) is 5.75 Å². The highest BCUT2D eigenvalue weighted by molar-refractivity contribution is 6.06. The number of nitrogens with zero attached hydrogens (tertiary/aromatic N) is 2. The quantitative estimate of drug-likeness (QED) is 0.538. The van der Waals surface area contributed by atoms with E-state index in [1.807, 2.05) is 0 Å². The number of nitrogens with one attached hydrogen (secondary N) is 2. The lowest BCUT2D eigenvalue weighted by atomic mass is 10.0. The van der Waals surface area contributed by atoms with Crippen molar-refractivity contribution >= 4 is 23.4 Å². The number of morpholine rings is 1. The summed E-state index contributed by atoms with van der Waals surface area (Å²) in [5.41, 5.74) is 2.02. The fraction of sp³-hybridized carbons (Fsp3) is 0.423. The van der Waals surface area contributed by atoms with E-state index in [9.17, 15) is 18.8 Å². The van der Waals surface area contributed by atoms with Crippen molar-refractivity contribution in [3.63, 3.8) is 0 Å². The van der Waals surface area contributed by atoms with Crippen molar-refractivity contribution in [1.29, 1.82) is 0 Å². The van der Waals surface area contributed by atoms with Crippen LogP contribution in [-0.2, 0) is 27.4 Å². The van der Waals surface area contributed by atoms with Crippen LogP contribution in [0.4, 0.5) is 10.1 Å².